The summed E-state index contributed by atoms with van der Waals surface area (Å²) >= 11 is 0. The van der Waals surface area contributed by atoms with Gasteiger partial charge in [-0.2, -0.15) is 5.10 Å². The molecule has 8 heteroatoms. The maximum atomic E-state index is 12.8. The average molecular weight is 368 g/mol. The molecule has 2 aromatic rings. The number of nitrogens with one attached hydrogen (secondary N) is 1. The van der Waals surface area contributed by atoms with Crippen molar-refractivity contribution in [3.63, 3.8) is 0 Å². The van der Waals surface area contributed by atoms with Crippen molar-refractivity contribution in [2.24, 2.45) is 13.0 Å². The number of carbonyl (C=O) groups excluding carboxylic acids is 1. The molecule has 25 heavy (non-hydrogen) atoms. The second-order valence-electron chi connectivity index (χ2n) is 6.37. The number of hydrogen-bond donors (Lipinski definition) is 1. The summed E-state index contributed by atoms with van der Waals surface area (Å²) in [5, 5.41) is 7.50. The quantitative estimate of drug-likeness (QED) is 0.877. The maximum Gasteiger partial charge on any atom is 0.276 e. The molecule has 1 saturated heterocycles. The van der Waals surface area contributed by atoms with E-state index in [2.05, 4.69) is 22.3 Å². The first-order valence-electron chi connectivity index (χ1n) is 8.55. The van der Waals surface area contributed by atoms with E-state index in [1.165, 1.54) is 0 Å². The molecular formula is C17H26ClN5O2. The normalized spacial score (nSPS) is 15.2. The molecular weight excluding hydrogens is 342 g/mol. The summed E-state index contributed by atoms with van der Waals surface area (Å²) in [5.74, 6) is 1.63. The third-order valence-electron chi connectivity index (χ3n) is 4.54. The number of rotatable bonds is 5. The Kier molecular flexibility index (Phi) is 6.61. The third kappa shape index (κ3) is 4.41. The number of hydrogen-bond acceptors (Lipinski definition) is 5. The van der Waals surface area contributed by atoms with Crippen LogP contribution in [0.1, 0.15) is 36.0 Å². The highest BCUT2D eigenvalue weighted by atomic mass is 35.5. The number of aromatic nitrogens is 3. The molecule has 0 atom stereocenters. The minimum atomic E-state index is -0.0340. The number of nitrogens with zero attached hydrogens (tertiary/aromatic N) is 4. The van der Waals surface area contributed by atoms with Crippen LogP contribution in [0, 0.1) is 12.8 Å². The van der Waals surface area contributed by atoms with Crippen molar-refractivity contribution < 1.29 is 9.21 Å². The van der Waals surface area contributed by atoms with Gasteiger partial charge in [-0.05, 0) is 38.8 Å². The Morgan fingerprint density at radius 1 is 1.40 bits per heavy atom. The molecule has 1 fully saturated rings. The number of oxazole rings is 1. The third-order valence-corrected chi connectivity index (χ3v) is 4.54. The highest BCUT2D eigenvalue weighted by Crippen LogP contribution is 2.24. The zero-order chi connectivity index (χ0) is 17.1. The predicted octanol–water partition coefficient (Wildman–Crippen LogP) is 2.27. The summed E-state index contributed by atoms with van der Waals surface area (Å²) in [4.78, 5) is 19.1. The Balaban J connectivity index is 0.00000225. The lowest BCUT2D eigenvalue weighted by Crippen LogP contribution is -2.41. The largest absolute Gasteiger partial charge is 0.440 e. The molecule has 0 aromatic carbocycles. The van der Waals surface area contributed by atoms with Gasteiger partial charge >= 0.3 is 0 Å². The monoisotopic (exact) mass is 367 g/mol. The second-order valence-corrected chi connectivity index (χ2v) is 6.37. The molecule has 0 radical (unpaired) electrons. The molecule has 0 unspecified atom stereocenters. The minimum absolute atomic E-state index is 0. The lowest BCUT2D eigenvalue weighted by Gasteiger charge is -2.31. The zero-order valence-corrected chi connectivity index (χ0v) is 15.8. The topological polar surface area (TPSA) is 76.2 Å². The number of halogens is 1. The first kappa shape index (κ1) is 19.5. The van der Waals surface area contributed by atoms with Crippen LogP contribution >= 0.6 is 12.4 Å². The fourth-order valence-electron chi connectivity index (χ4n) is 3.09. The fraction of sp³-hybridized carbons (Fsp3) is 0.588. The summed E-state index contributed by atoms with van der Waals surface area (Å²) < 4.78 is 7.36. The molecule has 3 rings (SSSR count). The molecule has 138 valence electrons. The van der Waals surface area contributed by atoms with Crippen LogP contribution in [0.25, 0.3) is 11.5 Å². The van der Waals surface area contributed by atoms with Gasteiger partial charge in [-0.15, -0.1) is 12.4 Å². The first-order chi connectivity index (χ1) is 11.6. The Morgan fingerprint density at radius 3 is 2.72 bits per heavy atom. The first-order valence-corrected chi connectivity index (χ1v) is 8.55. The van der Waals surface area contributed by atoms with Crippen molar-refractivity contribution >= 4 is 18.3 Å². The molecule has 0 bridgehead atoms. The van der Waals surface area contributed by atoms with Crippen LogP contribution in [-0.2, 0) is 7.05 Å². The highest BCUT2D eigenvalue weighted by molar-refractivity contribution is 5.93. The molecule has 1 N–H and O–H groups in total. The van der Waals surface area contributed by atoms with Crippen LogP contribution in [0.3, 0.4) is 0 Å². The van der Waals surface area contributed by atoms with Crippen LogP contribution in [0.5, 0.6) is 0 Å². The molecule has 0 saturated carbocycles. The van der Waals surface area contributed by atoms with Gasteiger partial charge in [0.1, 0.15) is 5.76 Å². The van der Waals surface area contributed by atoms with E-state index in [0.717, 1.165) is 44.6 Å². The van der Waals surface area contributed by atoms with E-state index < -0.39 is 0 Å². The lowest BCUT2D eigenvalue weighted by atomic mass is 9.96. The van der Waals surface area contributed by atoms with E-state index in [1.807, 2.05) is 18.1 Å². The Bertz CT molecular complexity index is 704. The van der Waals surface area contributed by atoms with E-state index >= 15 is 0 Å². The maximum absolute atomic E-state index is 12.8. The van der Waals surface area contributed by atoms with Crippen molar-refractivity contribution in [2.45, 2.75) is 26.7 Å². The van der Waals surface area contributed by atoms with E-state index in [4.69, 9.17) is 4.42 Å². The van der Waals surface area contributed by atoms with Crippen LogP contribution in [0.15, 0.2) is 16.8 Å². The number of likely N-dealkylation sites (tertiary alicyclic amines) is 1. The molecule has 7 nitrogen and oxygen atoms in total. The van der Waals surface area contributed by atoms with E-state index in [9.17, 15) is 4.79 Å². The smallest absolute Gasteiger partial charge is 0.276 e. The van der Waals surface area contributed by atoms with Crippen molar-refractivity contribution in [3.05, 3.63) is 23.8 Å². The molecule has 1 aliphatic rings. The minimum Gasteiger partial charge on any atom is -0.440 e. The van der Waals surface area contributed by atoms with Crippen molar-refractivity contribution in [1.29, 1.82) is 0 Å². The fourth-order valence-corrected chi connectivity index (χ4v) is 3.09. The molecule has 0 spiro atoms. The Hall–Kier alpha value is -1.86. The SMILES string of the molecule is CCNCC1CCN(C(=O)c2nc(-c3cnn(C)c3)oc2C)CC1.Cl. The zero-order valence-electron chi connectivity index (χ0n) is 15.0. The molecule has 0 aliphatic carbocycles. The number of carbonyl (C=O) groups is 1. The summed E-state index contributed by atoms with van der Waals surface area (Å²) in [6, 6.07) is 0. The van der Waals surface area contributed by atoms with Gasteiger partial charge in [-0.3, -0.25) is 9.48 Å². The van der Waals surface area contributed by atoms with Gasteiger partial charge in [0.05, 0.1) is 11.8 Å². The average Bonchev–Trinajstić information content (AvgIpc) is 3.18. The summed E-state index contributed by atoms with van der Waals surface area (Å²) in [6.45, 7) is 7.50. The Labute approximate surface area is 154 Å². The van der Waals surface area contributed by atoms with Crippen molar-refractivity contribution in [3.8, 4) is 11.5 Å². The van der Waals surface area contributed by atoms with Gasteiger partial charge in [0.15, 0.2) is 5.69 Å². The van der Waals surface area contributed by atoms with Gasteiger partial charge in [0.25, 0.3) is 5.91 Å². The molecule has 1 amide bonds. The molecule has 2 aromatic heterocycles. The van der Waals surface area contributed by atoms with E-state index in [1.54, 1.807) is 17.8 Å². The summed E-state index contributed by atoms with van der Waals surface area (Å²) in [5.41, 5.74) is 1.20. The van der Waals surface area contributed by atoms with Crippen molar-refractivity contribution in [2.75, 3.05) is 26.2 Å². The Morgan fingerprint density at radius 2 is 2.12 bits per heavy atom. The highest BCUT2D eigenvalue weighted by Gasteiger charge is 2.27. The van der Waals surface area contributed by atoms with Crippen LogP contribution in [-0.4, -0.2) is 51.8 Å². The van der Waals surface area contributed by atoms with Crippen LogP contribution < -0.4 is 5.32 Å². The standard InChI is InChI=1S/C17H25N5O2.ClH/c1-4-18-9-13-5-7-22(8-6-13)17(23)15-12(2)24-16(20-15)14-10-19-21(3)11-14;/h10-11,13,18H,4-9H2,1-3H3;1H. The van der Waals surface area contributed by atoms with Gasteiger partial charge < -0.3 is 14.6 Å². The second kappa shape index (κ2) is 8.49. The van der Waals surface area contributed by atoms with E-state index in [-0.39, 0.29) is 18.3 Å². The number of piperidine rings is 1. The van der Waals surface area contributed by atoms with Gasteiger partial charge in [-0.1, -0.05) is 6.92 Å². The lowest BCUT2D eigenvalue weighted by molar-refractivity contribution is 0.0683. The number of aryl methyl sites for hydroxylation is 2. The van der Waals surface area contributed by atoms with Gasteiger partial charge in [0.2, 0.25) is 5.89 Å². The summed E-state index contributed by atoms with van der Waals surface area (Å²) in [6.07, 6.45) is 5.58. The molecule has 1 aliphatic heterocycles. The molecule has 3 heterocycles. The number of amides is 1. The summed E-state index contributed by atoms with van der Waals surface area (Å²) in [7, 11) is 1.84. The van der Waals surface area contributed by atoms with E-state index in [0.29, 0.717) is 23.3 Å². The van der Waals surface area contributed by atoms with Gasteiger partial charge in [-0.25, -0.2) is 4.98 Å². The van der Waals surface area contributed by atoms with Crippen LogP contribution in [0.2, 0.25) is 0 Å². The van der Waals surface area contributed by atoms with Crippen molar-refractivity contribution in [1.82, 2.24) is 25.0 Å². The van der Waals surface area contributed by atoms with Crippen LogP contribution in [0.4, 0.5) is 0 Å². The van der Waals surface area contributed by atoms with Gasteiger partial charge in [0, 0.05) is 26.3 Å². The predicted molar refractivity (Wildman–Crippen MR) is 97.9 cm³/mol.